The van der Waals surface area contributed by atoms with E-state index in [0.29, 0.717) is 5.41 Å². The second-order valence-corrected chi connectivity index (χ2v) is 6.08. The van der Waals surface area contributed by atoms with Crippen molar-refractivity contribution in [2.45, 2.75) is 90.6 Å². The lowest BCUT2D eigenvalue weighted by Crippen LogP contribution is -2.13. The molecule has 16 heavy (non-hydrogen) atoms. The Kier molecular flexibility index (Phi) is 6.41. The number of hydrogen-bond acceptors (Lipinski definition) is 1. The molecule has 96 valence electrons. The third kappa shape index (κ3) is 5.34. The van der Waals surface area contributed by atoms with Crippen molar-refractivity contribution in [1.29, 1.82) is 0 Å². The maximum absolute atomic E-state index is 9.56. The van der Waals surface area contributed by atoms with E-state index in [9.17, 15) is 5.11 Å². The van der Waals surface area contributed by atoms with E-state index in [0.717, 1.165) is 12.8 Å². The second-order valence-electron chi connectivity index (χ2n) is 6.08. The molecule has 0 saturated heterocycles. The molecule has 1 nitrogen and oxygen atoms in total. The van der Waals surface area contributed by atoms with Gasteiger partial charge in [-0.15, -0.1) is 0 Å². The lowest BCUT2D eigenvalue weighted by molar-refractivity contribution is 0.159. The van der Waals surface area contributed by atoms with Crippen molar-refractivity contribution in [3.63, 3.8) is 0 Å². The maximum Gasteiger partial charge on any atom is 0.0545 e. The molecule has 1 saturated carbocycles. The van der Waals surface area contributed by atoms with E-state index in [-0.39, 0.29) is 6.10 Å². The first-order valence-electron chi connectivity index (χ1n) is 7.34. The summed E-state index contributed by atoms with van der Waals surface area (Å²) in [6.45, 7) is 4.63. The zero-order valence-electron chi connectivity index (χ0n) is 11.3. The quantitative estimate of drug-likeness (QED) is 0.596. The van der Waals surface area contributed by atoms with Gasteiger partial charge in [0.1, 0.15) is 0 Å². The Labute approximate surface area is 102 Å². The minimum atomic E-state index is -0.00504. The summed E-state index contributed by atoms with van der Waals surface area (Å²) in [6.07, 6.45) is 14.4. The van der Waals surface area contributed by atoms with Gasteiger partial charge in [-0.05, 0) is 31.1 Å². The molecule has 0 heterocycles. The molecule has 2 unspecified atom stereocenters. The van der Waals surface area contributed by atoms with Crippen LogP contribution in [0.5, 0.6) is 0 Å². The Bertz CT molecular complexity index is 178. The third-order valence-corrected chi connectivity index (χ3v) is 4.19. The van der Waals surface area contributed by atoms with Crippen molar-refractivity contribution in [2.24, 2.45) is 5.41 Å². The molecule has 1 aliphatic rings. The molecule has 0 aromatic rings. The average Bonchev–Trinajstić information content (AvgIpc) is 2.58. The molecule has 1 N–H and O–H groups in total. The molecule has 1 fully saturated rings. The van der Waals surface area contributed by atoms with Crippen molar-refractivity contribution in [3.05, 3.63) is 0 Å². The van der Waals surface area contributed by atoms with Crippen molar-refractivity contribution >= 4 is 0 Å². The molecule has 0 amide bonds. The van der Waals surface area contributed by atoms with Gasteiger partial charge in [0, 0.05) is 0 Å². The average molecular weight is 226 g/mol. The first-order valence-corrected chi connectivity index (χ1v) is 7.34. The van der Waals surface area contributed by atoms with Crippen molar-refractivity contribution in [2.75, 3.05) is 0 Å². The van der Waals surface area contributed by atoms with E-state index in [4.69, 9.17) is 0 Å². The molecule has 1 aliphatic carbocycles. The molecule has 0 aromatic carbocycles. The van der Waals surface area contributed by atoms with Crippen LogP contribution in [0.25, 0.3) is 0 Å². The number of hydrogen-bond donors (Lipinski definition) is 1. The smallest absolute Gasteiger partial charge is 0.0545 e. The monoisotopic (exact) mass is 226 g/mol. The number of unbranched alkanes of at least 4 members (excludes halogenated alkanes) is 6. The molecule has 0 aliphatic heterocycles. The topological polar surface area (TPSA) is 20.2 Å². The van der Waals surface area contributed by atoms with Gasteiger partial charge in [-0.25, -0.2) is 0 Å². The van der Waals surface area contributed by atoms with Gasteiger partial charge in [0.15, 0.2) is 0 Å². The Balaban J connectivity index is 1.94. The van der Waals surface area contributed by atoms with Crippen LogP contribution in [-0.2, 0) is 0 Å². The zero-order chi connectivity index (χ0) is 11.9. The summed E-state index contributed by atoms with van der Waals surface area (Å²) in [5, 5.41) is 9.56. The van der Waals surface area contributed by atoms with E-state index in [2.05, 4.69) is 13.8 Å². The Morgan fingerprint density at radius 2 is 1.69 bits per heavy atom. The van der Waals surface area contributed by atoms with Crippen LogP contribution in [0.3, 0.4) is 0 Å². The van der Waals surface area contributed by atoms with E-state index < -0.39 is 0 Å². The summed E-state index contributed by atoms with van der Waals surface area (Å²) in [5.74, 6) is 0. The van der Waals surface area contributed by atoms with Crippen LogP contribution in [0.4, 0.5) is 0 Å². The molecule has 2 atom stereocenters. The first-order chi connectivity index (χ1) is 7.66. The van der Waals surface area contributed by atoms with E-state index in [1.165, 1.54) is 57.8 Å². The highest BCUT2D eigenvalue weighted by atomic mass is 16.3. The molecule has 0 aromatic heterocycles. The predicted octanol–water partition coefficient (Wildman–Crippen LogP) is 4.68. The summed E-state index contributed by atoms with van der Waals surface area (Å²) in [6, 6.07) is 0. The van der Waals surface area contributed by atoms with Crippen LogP contribution in [0.2, 0.25) is 0 Å². The van der Waals surface area contributed by atoms with Gasteiger partial charge in [-0.3, -0.25) is 0 Å². The van der Waals surface area contributed by atoms with Gasteiger partial charge in [0.2, 0.25) is 0 Å². The summed E-state index contributed by atoms with van der Waals surface area (Å²) in [5.41, 5.74) is 0.461. The lowest BCUT2D eigenvalue weighted by Gasteiger charge is -2.23. The molecule has 0 radical (unpaired) electrons. The van der Waals surface area contributed by atoms with Gasteiger partial charge < -0.3 is 5.11 Å². The molecular formula is C15H30O. The van der Waals surface area contributed by atoms with Crippen LogP contribution in [0, 0.1) is 5.41 Å². The summed E-state index contributed by atoms with van der Waals surface area (Å²) < 4.78 is 0. The Morgan fingerprint density at radius 3 is 2.25 bits per heavy atom. The molecule has 1 rings (SSSR count). The minimum absolute atomic E-state index is 0.00504. The van der Waals surface area contributed by atoms with Gasteiger partial charge in [-0.1, -0.05) is 58.8 Å². The standard InChI is InChI=1S/C15H30O/c1-3-4-5-6-7-8-9-11-15(2)12-10-14(16)13-15/h14,16H,3-13H2,1-2H3. The van der Waals surface area contributed by atoms with E-state index in [1.807, 2.05) is 0 Å². The fraction of sp³-hybridized carbons (Fsp3) is 1.00. The van der Waals surface area contributed by atoms with Crippen LogP contribution in [0.15, 0.2) is 0 Å². The van der Waals surface area contributed by atoms with Gasteiger partial charge in [0.05, 0.1) is 6.10 Å². The minimum Gasteiger partial charge on any atom is -0.393 e. The largest absolute Gasteiger partial charge is 0.393 e. The fourth-order valence-corrected chi connectivity index (χ4v) is 3.02. The third-order valence-electron chi connectivity index (χ3n) is 4.19. The summed E-state index contributed by atoms with van der Waals surface area (Å²) in [4.78, 5) is 0. The van der Waals surface area contributed by atoms with Crippen LogP contribution in [0.1, 0.15) is 84.5 Å². The molecule has 0 spiro atoms. The van der Waals surface area contributed by atoms with Crippen molar-refractivity contribution in [1.82, 2.24) is 0 Å². The molecular weight excluding hydrogens is 196 g/mol. The predicted molar refractivity (Wildman–Crippen MR) is 70.6 cm³/mol. The van der Waals surface area contributed by atoms with Crippen LogP contribution < -0.4 is 0 Å². The molecule has 0 bridgehead atoms. The maximum atomic E-state index is 9.56. The van der Waals surface area contributed by atoms with Crippen molar-refractivity contribution in [3.8, 4) is 0 Å². The SMILES string of the molecule is CCCCCCCCCC1(C)CCC(O)C1. The van der Waals surface area contributed by atoms with Crippen LogP contribution >= 0.6 is 0 Å². The highest BCUT2D eigenvalue weighted by Gasteiger charge is 2.33. The summed E-state index contributed by atoms with van der Waals surface area (Å²) in [7, 11) is 0. The van der Waals surface area contributed by atoms with E-state index in [1.54, 1.807) is 0 Å². The Morgan fingerprint density at radius 1 is 1.06 bits per heavy atom. The summed E-state index contributed by atoms with van der Waals surface area (Å²) >= 11 is 0. The van der Waals surface area contributed by atoms with Crippen molar-refractivity contribution < 1.29 is 5.11 Å². The fourth-order valence-electron chi connectivity index (χ4n) is 3.02. The number of rotatable bonds is 8. The Hall–Kier alpha value is -0.0400. The number of aliphatic hydroxyl groups is 1. The van der Waals surface area contributed by atoms with Crippen LogP contribution in [-0.4, -0.2) is 11.2 Å². The van der Waals surface area contributed by atoms with Gasteiger partial charge in [0.25, 0.3) is 0 Å². The normalized spacial score (nSPS) is 29.8. The highest BCUT2D eigenvalue weighted by Crippen LogP contribution is 2.41. The van der Waals surface area contributed by atoms with Gasteiger partial charge in [-0.2, -0.15) is 0 Å². The second kappa shape index (κ2) is 7.32. The zero-order valence-corrected chi connectivity index (χ0v) is 11.3. The first kappa shape index (κ1) is 14.0. The highest BCUT2D eigenvalue weighted by molar-refractivity contribution is 4.85. The molecule has 1 heteroatoms. The number of aliphatic hydroxyl groups excluding tert-OH is 1. The van der Waals surface area contributed by atoms with E-state index >= 15 is 0 Å². The lowest BCUT2D eigenvalue weighted by atomic mass is 9.83. The van der Waals surface area contributed by atoms with Gasteiger partial charge >= 0.3 is 0 Å².